The first kappa shape index (κ1) is 20.1. The number of nitrogens with zero attached hydrogens (tertiary/aromatic N) is 1. The lowest BCUT2D eigenvalue weighted by Crippen LogP contribution is -2.49. The van der Waals surface area contributed by atoms with Gasteiger partial charge < -0.3 is 15.4 Å². The zero-order valence-electron chi connectivity index (χ0n) is 15.7. The Kier molecular flexibility index (Phi) is 5.08. The second-order valence-corrected chi connectivity index (χ2v) is 9.28. The Morgan fingerprint density at radius 1 is 1.20 bits per heavy atom. The van der Waals surface area contributed by atoms with Crippen molar-refractivity contribution in [3.05, 3.63) is 63.5 Å². The van der Waals surface area contributed by atoms with E-state index in [0.717, 1.165) is 0 Å². The highest BCUT2D eigenvalue weighted by Crippen LogP contribution is 2.34. The first-order valence-corrected chi connectivity index (χ1v) is 11.3. The maximum atomic E-state index is 12.9. The molecule has 0 saturated carbocycles. The number of fused-ring (bicyclic) bond motifs is 1. The number of benzene rings is 1. The van der Waals surface area contributed by atoms with E-state index in [0.29, 0.717) is 9.18 Å². The molecule has 2 N–H and O–H groups in total. The maximum absolute atomic E-state index is 12.9. The molecule has 2 aliphatic rings. The van der Waals surface area contributed by atoms with Crippen LogP contribution in [0.4, 0.5) is 4.79 Å². The molecule has 30 heavy (non-hydrogen) atoms. The highest BCUT2D eigenvalue weighted by molar-refractivity contribution is 7.90. The third-order valence-corrected chi connectivity index (χ3v) is 7.41. The fourth-order valence-corrected chi connectivity index (χ4v) is 5.71. The number of thiophene rings is 1. The van der Waals surface area contributed by atoms with Crippen LogP contribution >= 0.6 is 11.3 Å². The van der Waals surface area contributed by atoms with Crippen molar-refractivity contribution in [2.24, 2.45) is 0 Å². The molecule has 0 bridgehead atoms. The zero-order chi connectivity index (χ0) is 21.5. The molecule has 2 aromatic rings. The van der Waals surface area contributed by atoms with Crippen LogP contribution in [-0.4, -0.2) is 43.8 Å². The summed E-state index contributed by atoms with van der Waals surface area (Å²) in [7, 11) is -4.12. The van der Waals surface area contributed by atoms with Crippen LogP contribution in [0, 0.1) is 0 Å². The molecule has 1 unspecified atom stereocenters. The van der Waals surface area contributed by atoms with Crippen molar-refractivity contribution in [2.75, 3.05) is 13.2 Å². The van der Waals surface area contributed by atoms with Crippen LogP contribution in [0.5, 0.6) is 0 Å². The molecule has 3 amide bonds. The summed E-state index contributed by atoms with van der Waals surface area (Å²) >= 11 is 1.32. The van der Waals surface area contributed by atoms with Gasteiger partial charge in [0.15, 0.2) is 0 Å². The number of carbonyl (C=O) groups is 3. The maximum Gasteiger partial charge on any atom is 0.338 e. The van der Waals surface area contributed by atoms with Gasteiger partial charge >= 0.3 is 12.0 Å². The molecule has 4 rings (SSSR count). The molecule has 0 spiro atoms. The van der Waals surface area contributed by atoms with Crippen molar-refractivity contribution >= 4 is 39.3 Å². The van der Waals surface area contributed by atoms with Gasteiger partial charge in [0.05, 0.1) is 36.0 Å². The van der Waals surface area contributed by atoms with Gasteiger partial charge in [0.2, 0.25) is 0 Å². The lowest BCUT2D eigenvalue weighted by atomic mass is 10.0. The van der Waals surface area contributed by atoms with Crippen LogP contribution in [0.15, 0.2) is 57.9 Å². The summed E-state index contributed by atoms with van der Waals surface area (Å²) in [5.41, 5.74) is 0.101. The summed E-state index contributed by atoms with van der Waals surface area (Å²) in [5, 5.41) is 6.93. The standard InChI is InChI=1S/C19H17N3O6S2/c1-2-28-18(24)15-12(20-19(25)21-16(15)13-7-5-9-29-13)10-22-17(23)11-6-3-4-8-14(11)30(22,26)27/h3-9,16H,2,10H2,1H3,(H2,20,21,25). The minimum Gasteiger partial charge on any atom is -0.463 e. The predicted molar refractivity (Wildman–Crippen MR) is 107 cm³/mol. The minimum atomic E-state index is -4.12. The smallest absolute Gasteiger partial charge is 0.338 e. The Balaban J connectivity index is 1.80. The first-order valence-electron chi connectivity index (χ1n) is 9.01. The third-order valence-electron chi connectivity index (χ3n) is 4.69. The molecule has 3 heterocycles. The molecule has 1 atom stereocenters. The Morgan fingerprint density at radius 2 is 1.97 bits per heavy atom. The van der Waals surface area contributed by atoms with Crippen LogP contribution in [0.1, 0.15) is 28.2 Å². The third kappa shape index (κ3) is 3.25. The van der Waals surface area contributed by atoms with Crippen LogP contribution in [0.3, 0.4) is 0 Å². The molecule has 2 aliphatic heterocycles. The number of esters is 1. The Morgan fingerprint density at radius 3 is 2.63 bits per heavy atom. The number of hydrogen-bond donors (Lipinski definition) is 2. The largest absolute Gasteiger partial charge is 0.463 e. The second-order valence-electron chi connectivity index (χ2n) is 6.47. The summed E-state index contributed by atoms with van der Waals surface area (Å²) in [6.45, 7) is 1.23. The van der Waals surface area contributed by atoms with Crippen molar-refractivity contribution in [1.29, 1.82) is 0 Å². The van der Waals surface area contributed by atoms with E-state index in [1.165, 1.54) is 29.5 Å². The molecule has 9 nitrogen and oxygen atoms in total. The van der Waals surface area contributed by atoms with E-state index in [1.54, 1.807) is 30.5 Å². The molecular formula is C19H17N3O6S2. The number of urea groups is 1. The monoisotopic (exact) mass is 447 g/mol. The summed E-state index contributed by atoms with van der Waals surface area (Å²) in [6, 6.07) is 7.93. The number of ether oxygens (including phenoxy) is 1. The van der Waals surface area contributed by atoms with Gasteiger partial charge in [-0.1, -0.05) is 18.2 Å². The number of amides is 3. The van der Waals surface area contributed by atoms with E-state index < -0.39 is 40.5 Å². The van der Waals surface area contributed by atoms with Crippen LogP contribution in [0.2, 0.25) is 0 Å². The van der Waals surface area contributed by atoms with Gasteiger partial charge in [0.1, 0.15) is 4.90 Å². The highest BCUT2D eigenvalue weighted by atomic mass is 32.2. The number of nitrogens with one attached hydrogen (secondary N) is 2. The van der Waals surface area contributed by atoms with Crippen LogP contribution < -0.4 is 10.6 Å². The van der Waals surface area contributed by atoms with Gasteiger partial charge in [-0.25, -0.2) is 22.3 Å². The molecule has 156 valence electrons. The van der Waals surface area contributed by atoms with E-state index in [2.05, 4.69) is 10.6 Å². The van der Waals surface area contributed by atoms with Gasteiger partial charge in [-0.3, -0.25) is 4.79 Å². The average molecular weight is 447 g/mol. The van der Waals surface area contributed by atoms with E-state index in [-0.39, 0.29) is 28.3 Å². The second kappa shape index (κ2) is 7.58. The molecule has 0 saturated heterocycles. The number of sulfonamides is 1. The van der Waals surface area contributed by atoms with Crippen molar-refractivity contribution < 1.29 is 27.5 Å². The molecule has 0 fully saturated rings. The summed E-state index contributed by atoms with van der Waals surface area (Å²) in [4.78, 5) is 38.3. The Labute approximate surface area is 176 Å². The highest BCUT2D eigenvalue weighted by Gasteiger charge is 2.43. The molecule has 1 aromatic carbocycles. The van der Waals surface area contributed by atoms with Gasteiger partial charge in [-0.2, -0.15) is 0 Å². The van der Waals surface area contributed by atoms with Crippen LogP contribution in [-0.2, 0) is 19.6 Å². The summed E-state index contributed by atoms with van der Waals surface area (Å²) in [5.74, 6) is -1.43. The molecular weight excluding hydrogens is 430 g/mol. The summed E-state index contributed by atoms with van der Waals surface area (Å²) < 4.78 is 31.6. The molecule has 11 heteroatoms. The lowest BCUT2D eigenvalue weighted by molar-refractivity contribution is -0.139. The molecule has 0 aliphatic carbocycles. The van der Waals surface area contributed by atoms with Crippen LogP contribution in [0.25, 0.3) is 0 Å². The Hall–Kier alpha value is -3.18. The average Bonchev–Trinajstić information content (AvgIpc) is 3.31. The number of carbonyl (C=O) groups excluding carboxylic acids is 3. The van der Waals surface area contributed by atoms with Gasteiger partial charge in [0.25, 0.3) is 15.9 Å². The fraction of sp³-hybridized carbons (Fsp3) is 0.211. The minimum absolute atomic E-state index is 0.000307. The number of hydrogen-bond acceptors (Lipinski definition) is 7. The SMILES string of the molecule is CCOC(=O)C1=C(CN2C(=O)c3ccccc3S2(=O)=O)NC(=O)NC1c1cccs1. The molecule has 1 aromatic heterocycles. The Bertz CT molecular complexity index is 1170. The van der Waals surface area contributed by atoms with E-state index in [1.807, 2.05) is 0 Å². The zero-order valence-corrected chi connectivity index (χ0v) is 17.4. The summed E-state index contributed by atoms with van der Waals surface area (Å²) in [6.07, 6.45) is 0. The molecule has 0 radical (unpaired) electrons. The topological polar surface area (TPSA) is 122 Å². The fourth-order valence-electron chi connectivity index (χ4n) is 3.39. The first-order chi connectivity index (χ1) is 14.3. The van der Waals surface area contributed by atoms with Crippen molar-refractivity contribution in [3.63, 3.8) is 0 Å². The van der Waals surface area contributed by atoms with Crippen molar-refractivity contribution in [1.82, 2.24) is 14.9 Å². The van der Waals surface area contributed by atoms with Gasteiger partial charge in [-0.05, 0) is 30.5 Å². The van der Waals surface area contributed by atoms with Crippen molar-refractivity contribution in [3.8, 4) is 0 Å². The van der Waals surface area contributed by atoms with E-state index in [4.69, 9.17) is 4.74 Å². The van der Waals surface area contributed by atoms with Crippen molar-refractivity contribution in [2.45, 2.75) is 17.9 Å². The van der Waals surface area contributed by atoms with E-state index in [9.17, 15) is 22.8 Å². The quantitative estimate of drug-likeness (QED) is 0.674. The lowest BCUT2D eigenvalue weighted by Gasteiger charge is -2.30. The van der Waals surface area contributed by atoms with Gasteiger partial charge in [0, 0.05) is 4.88 Å². The van der Waals surface area contributed by atoms with Gasteiger partial charge in [-0.15, -0.1) is 11.3 Å². The predicted octanol–water partition coefficient (Wildman–Crippen LogP) is 1.76. The number of rotatable bonds is 5. The normalized spacial score (nSPS) is 19.9. The van der Waals surface area contributed by atoms with E-state index >= 15 is 0 Å².